The van der Waals surface area contributed by atoms with Crippen LogP contribution in [0.2, 0.25) is 0 Å². The van der Waals surface area contributed by atoms with Crippen LogP contribution in [0.1, 0.15) is 27.2 Å². The van der Waals surface area contributed by atoms with E-state index in [-0.39, 0.29) is 0 Å². The van der Waals surface area contributed by atoms with Gasteiger partial charge in [0.1, 0.15) is 22.4 Å². The van der Waals surface area contributed by atoms with Crippen LogP contribution in [-0.4, -0.2) is 29.6 Å². The Morgan fingerprint density at radius 2 is 2.12 bits per heavy atom. The van der Waals surface area contributed by atoms with Gasteiger partial charge in [0.05, 0.1) is 0 Å². The minimum Gasteiger partial charge on any atom is -0.372 e. The second kappa shape index (κ2) is 6.03. The maximum atomic E-state index is 4.36. The lowest BCUT2D eigenvalue weighted by atomic mass is 10.2. The lowest BCUT2D eigenvalue weighted by Crippen LogP contribution is -2.33. The third-order valence-electron chi connectivity index (χ3n) is 2.74. The number of nitrogens with one attached hydrogen (secondary N) is 1. The number of hydrogen-bond donors (Lipinski definition) is 1. The van der Waals surface area contributed by atoms with Crippen molar-refractivity contribution >= 4 is 27.6 Å². The van der Waals surface area contributed by atoms with Gasteiger partial charge in [-0.05, 0) is 36.2 Å². The van der Waals surface area contributed by atoms with Crippen molar-refractivity contribution in [3.63, 3.8) is 0 Å². The van der Waals surface area contributed by atoms with E-state index in [1.54, 1.807) is 6.33 Å². The lowest BCUT2D eigenvalue weighted by molar-refractivity contribution is 0.621. The average molecular weight is 287 g/mol. The molecule has 1 N–H and O–H groups in total. The van der Waals surface area contributed by atoms with Gasteiger partial charge < -0.3 is 10.2 Å². The van der Waals surface area contributed by atoms with Crippen molar-refractivity contribution in [3.8, 4) is 0 Å². The van der Waals surface area contributed by atoms with Crippen molar-refractivity contribution in [2.45, 2.75) is 33.2 Å². The molecule has 0 spiro atoms. The van der Waals surface area contributed by atoms with Gasteiger partial charge in [0.2, 0.25) is 0 Å². The van der Waals surface area contributed by atoms with E-state index in [1.165, 1.54) is 0 Å². The fourth-order valence-corrected chi connectivity index (χ4v) is 2.26. The first-order chi connectivity index (χ1) is 7.65. The number of nitrogens with zero attached hydrogens (tertiary/aromatic N) is 3. The van der Waals surface area contributed by atoms with E-state index in [0.29, 0.717) is 6.04 Å². The molecule has 0 saturated heterocycles. The van der Waals surface area contributed by atoms with Crippen molar-refractivity contribution in [2.24, 2.45) is 0 Å². The zero-order valence-corrected chi connectivity index (χ0v) is 11.9. The highest BCUT2D eigenvalue weighted by atomic mass is 79.9. The first-order valence-corrected chi connectivity index (χ1v) is 6.39. The van der Waals surface area contributed by atoms with Gasteiger partial charge >= 0.3 is 0 Å². The van der Waals surface area contributed by atoms with Gasteiger partial charge in [0.15, 0.2) is 0 Å². The van der Waals surface area contributed by atoms with Crippen LogP contribution in [0, 0.1) is 0 Å². The van der Waals surface area contributed by atoms with Gasteiger partial charge in [0, 0.05) is 19.6 Å². The Balaban J connectivity index is 3.10. The van der Waals surface area contributed by atoms with Crippen LogP contribution in [0.5, 0.6) is 0 Å². The molecule has 0 amide bonds. The summed E-state index contributed by atoms with van der Waals surface area (Å²) in [4.78, 5) is 10.8. The quantitative estimate of drug-likeness (QED) is 0.904. The Kier molecular flexibility index (Phi) is 4.99. The van der Waals surface area contributed by atoms with E-state index < -0.39 is 0 Å². The SMILES string of the molecule is CCC(C)N(CC)c1ncnc(NC)c1Br. The van der Waals surface area contributed by atoms with Crippen LogP contribution in [0.3, 0.4) is 0 Å². The number of anilines is 2. The molecule has 1 unspecified atom stereocenters. The van der Waals surface area contributed by atoms with E-state index in [4.69, 9.17) is 0 Å². The van der Waals surface area contributed by atoms with Crippen molar-refractivity contribution < 1.29 is 0 Å². The first-order valence-electron chi connectivity index (χ1n) is 5.60. The van der Waals surface area contributed by atoms with Crippen LogP contribution in [0.4, 0.5) is 11.6 Å². The molecule has 0 fully saturated rings. The molecule has 16 heavy (non-hydrogen) atoms. The largest absolute Gasteiger partial charge is 0.372 e. The summed E-state index contributed by atoms with van der Waals surface area (Å²) in [6, 6.07) is 0.473. The molecule has 0 bridgehead atoms. The fourth-order valence-electron chi connectivity index (χ4n) is 1.63. The molecule has 1 rings (SSSR count). The smallest absolute Gasteiger partial charge is 0.148 e. The Labute approximate surface area is 106 Å². The number of aromatic nitrogens is 2. The molecule has 5 heteroatoms. The Hall–Kier alpha value is -0.840. The third-order valence-corrected chi connectivity index (χ3v) is 3.47. The molecule has 0 aliphatic heterocycles. The summed E-state index contributed by atoms with van der Waals surface area (Å²) >= 11 is 3.55. The molecule has 1 aromatic rings. The average Bonchev–Trinajstić information content (AvgIpc) is 2.31. The summed E-state index contributed by atoms with van der Waals surface area (Å²) in [5.41, 5.74) is 0. The zero-order chi connectivity index (χ0) is 12.1. The molecule has 0 aliphatic rings. The summed E-state index contributed by atoms with van der Waals surface area (Å²) in [5.74, 6) is 1.78. The molecule has 90 valence electrons. The van der Waals surface area contributed by atoms with Crippen LogP contribution in [-0.2, 0) is 0 Å². The fraction of sp³-hybridized carbons (Fsp3) is 0.636. The van der Waals surface area contributed by atoms with E-state index in [0.717, 1.165) is 29.1 Å². The zero-order valence-electron chi connectivity index (χ0n) is 10.3. The summed E-state index contributed by atoms with van der Waals surface area (Å²) in [6.07, 6.45) is 2.69. The summed E-state index contributed by atoms with van der Waals surface area (Å²) in [5, 5.41) is 3.05. The maximum Gasteiger partial charge on any atom is 0.148 e. The maximum absolute atomic E-state index is 4.36. The van der Waals surface area contributed by atoms with E-state index >= 15 is 0 Å². The van der Waals surface area contributed by atoms with E-state index in [9.17, 15) is 0 Å². The van der Waals surface area contributed by atoms with E-state index in [1.807, 2.05) is 7.05 Å². The number of hydrogen-bond acceptors (Lipinski definition) is 4. The van der Waals surface area contributed by atoms with Gasteiger partial charge in [0.25, 0.3) is 0 Å². The number of halogens is 1. The summed E-state index contributed by atoms with van der Waals surface area (Å²) in [7, 11) is 1.86. The molecule has 0 aliphatic carbocycles. The third kappa shape index (κ3) is 2.64. The topological polar surface area (TPSA) is 41.1 Å². The van der Waals surface area contributed by atoms with Crippen LogP contribution < -0.4 is 10.2 Å². The van der Waals surface area contributed by atoms with Crippen LogP contribution >= 0.6 is 15.9 Å². The Morgan fingerprint density at radius 1 is 1.44 bits per heavy atom. The second-order valence-corrected chi connectivity index (χ2v) is 4.45. The van der Waals surface area contributed by atoms with Crippen molar-refractivity contribution in [1.29, 1.82) is 0 Å². The highest BCUT2D eigenvalue weighted by Gasteiger charge is 2.17. The standard InChI is InChI=1S/C11H19BrN4/c1-5-8(3)16(6-2)11-9(12)10(13-4)14-7-15-11/h7-8H,5-6H2,1-4H3,(H,13,14,15). The normalized spacial score (nSPS) is 12.3. The van der Waals surface area contributed by atoms with Gasteiger partial charge in [-0.1, -0.05) is 6.92 Å². The minimum atomic E-state index is 0.473. The molecule has 1 heterocycles. The summed E-state index contributed by atoms with van der Waals surface area (Å²) < 4.78 is 0.930. The van der Waals surface area contributed by atoms with Crippen molar-refractivity contribution in [2.75, 3.05) is 23.8 Å². The predicted octanol–water partition coefficient (Wildman–Crippen LogP) is 2.91. The molecule has 0 radical (unpaired) electrons. The Bertz CT molecular complexity index is 343. The monoisotopic (exact) mass is 286 g/mol. The van der Waals surface area contributed by atoms with Gasteiger partial charge in [-0.25, -0.2) is 9.97 Å². The molecule has 1 aromatic heterocycles. The van der Waals surface area contributed by atoms with E-state index in [2.05, 4.69) is 56.9 Å². The molecular formula is C11H19BrN4. The van der Waals surface area contributed by atoms with Gasteiger partial charge in [-0.15, -0.1) is 0 Å². The minimum absolute atomic E-state index is 0.473. The van der Waals surface area contributed by atoms with Gasteiger partial charge in [-0.3, -0.25) is 0 Å². The molecule has 4 nitrogen and oxygen atoms in total. The lowest BCUT2D eigenvalue weighted by Gasteiger charge is -2.29. The molecular weight excluding hydrogens is 268 g/mol. The predicted molar refractivity (Wildman–Crippen MR) is 72.1 cm³/mol. The first kappa shape index (κ1) is 13.2. The van der Waals surface area contributed by atoms with Crippen LogP contribution in [0.15, 0.2) is 10.8 Å². The molecule has 1 atom stereocenters. The highest BCUT2D eigenvalue weighted by molar-refractivity contribution is 9.10. The van der Waals surface area contributed by atoms with Crippen LogP contribution in [0.25, 0.3) is 0 Å². The van der Waals surface area contributed by atoms with Gasteiger partial charge in [-0.2, -0.15) is 0 Å². The van der Waals surface area contributed by atoms with Crippen molar-refractivity contribution in [1.82, 2.24) is 9.97 Å². The van der Waals surface area contributed by atoms with Crippen molar-refractivity contribution in [3.05, 3.63) is 10.8 Å². The Morgan fingerprint density at radius 3 is 2.62 bits per heavy atom. The molecule has 0 saturated carbocycles. The second-order valence-electron chi connectivity index (χ2n) is 3.65. The number of rotatable bonds is 5. The summed E-state index contributed by atoms with van der Waals surface area (Å²) in [6.45, 7) is 7.46. The highest BCUT2D eigenvalue weighted by Crippen LogP contribution is 2.30. The molecule has 0 aromatic carbocycles.